The lowest BCUT2D eigenvalue weighted by molar-refractivity contribution is -0.122. The Balaban J connectivity index is 2.28. The van der Waals surface area contributed by atoms with Crippen LogP contribution in [0.4, 0.5) is 0 Å². The first-order chi connectivity index (χ1) is 7.63. The lowest BCUT2D eigenvalue weighted by atomic mass is 10.4. The van der Waals surface area contributed by atoms with E-state index in [9.17, 15) is 4.79 Å². The summed E-state index contributed by atoms with van der Waals surface area (Å²) < 4.78 is 1.86. The van der Waals surface area contributed by atoms with E-state index in [1.807, 2.05) is 17.8 Å². The highest BCUT2D eigenvalue weighted by atomic mass is 16.3. The molecule has 1 amide bonds. The first kappa shape index (κ1) is 12.7. The van der Waals surface area contributed by atoms with Gasteiger partial charge in [-0.1, -0.05) is 0 Å². The molecule has 1 aromatic heterocycles. The molecule has 2 N–H and O–H groups in total. The monoisotopic (exact) mass is 226 g/mol. The Morgan fingerprint density at radius 2 is 2.44 bits per heavy atom. The van der Waals surface area contributed by atoms with E-state index >= 15 is 0 Å². The fourth-order valence-electron chi connectivity index (χ4n) is 1.30. The van der Waals surface area contributed by atoms with Gasteiger partial charge in [-0.25, -0.2) is 4.98 Å². The number of carbonyl (C=O) groups excluding carboxylic acids is 1. The summed E-state index contributed by atoms with van der Waals surface area (Å²) in [6.07, 6.45) is 3.53. The summed E-state index contributed by atoms with van der Waals surface area (Å²) in [7, 11) is 3.67. The lowest BCUT2D eigenvalue weighted by Gasteiger charge is -2.14. The van der Waals surface area contributed by atoms with Gasteiger partial charge in [0.25, 0.3) is 0 Å². The maximum atomic E-state index is 11.5. The summed E-state index contributed by atoms with van der Waals surface area (Å²) in [6.45, 7) is 1.26. The van der Waals surface area contributed by atoms with Gasteiger partial charge in [-0.2, -0.15) is 0 Å². The first-order valence-electron chi connectivity index (χ1n) is 5.15. The maximum absolute atomic E-state index is 11.5. The Hall–Kier alpha value is -1.40. The molecular formula is C10H18N4O2. The highest BCUT2D eigenvalue weighted by Gasteiger charge is 2.06. The van der Waals surface area contributed by atoms with Crippen LogP contribution in [0, 0.1) is 0 Å². The Bertz CT molecular complexity index is 337. The van der Waals surface area contributed by atoms with Crippen LogP contribution in [-0.4, -0.2) is 52.2 Å². The van der Waals surface area contributed by atoms with E-state index in [0.717, 1.165) is 5.82 Å². The van der Waals surface area contributed by atoms with E-state index in [0.29, 0.717) is 13.1 Å². The number of aryl methyl sites for hydroxylation is 1. The van der Waals surface area contributed by atoms with Gasteiger partial charge < -0.3 is 15.0 Å². The summed E-state index contributed by atoms with van der Waals surface area (Å²) in [5.74, 6) is 0.747. The second kappa shape index (κ2) is 6.24. The summed E-state index contributed by atoms with van der Waals surface area (Å²) >= 11 is 0. The smallest absolute Gasteiger partial charge is 0.234 e. The van der Waals surface area contributed by atoms with Gasteiger partial charge >= 0.3 is 0 Å². The third-order valence-electron chi connectivity index (χ3n) is 2.26. The van der Waals surface area contributed by atoms with Gasteiger partial charge in [-0.3, -0.25) is 9.69 Å². The highest BCUT2D eigenvalue weighted by molar-refractivity contribution is 5.77. The lowest BCUT2D eigenvalue weighted by Crippen LogP contribution is -2.36. The highest BCUT2D eigenvalue weighted by Crippen LogP contribution is 1.92. The van der Waals surface area contributed by atoms with Crippen LogP contribution in [0.25, 0.3) is 0 Å². The predicted molar refractivity (Wildman–Crippen MR) is 59.6 cm³/mol. The van der Waals surface area contributed by atoms with Crippen molar-refractivity contribution in [2.24, 2.45) is 7.05 Å². The van der Waals surface area contributed by atoms with Crippen LogP contribution < -0.4 is 5.32 Å². The van der Waals surface area contributed by atoms with Gasteiger partial charge in [0.05, 0.1) is 19.7 Å². The van der Waals surface area contributed by atoms with E-state index in [1.54, 1.807) is 18.1 Å². The number of imidazole rings is 1. The average molecular weight is 226 g/mol. The minimum absolute atomic E-state index is 0.0587. The molecule has 0 aliphatic carbocycles. The molecule has 6 nitrogen and oxygen atoms in total. The molecule has 0 saturated heterocycles. The minimum atomic E-state index is -0.0704. The SMILES string of the molecule is CN(CCO)CC(=O)NCc1nccn1C. The molecule has 0 aliphatic heterocycles. The number of aliphatic hydroxyl groups is 1. The number of rotatable bonds is 6. The molecule has 1 heterocycles. The van der Waals surface area contributed by atoms with Gasteiger partial charge in [-0.15, -0.1) is 0 Å². The number of hydrogen-bond acceptors (Lipinski definition) is 4. The van der Waals surface area contributed by atoms with Crippen LogP contribution in [0.15, 0.2) is 12.4 Å². The summed E-state index contributed by atoms with van der Waals surface area (Å²) in [5.41, 5.74) is 0. The molecule has 90 valence electrons. The number of likely N-dealkylation sites (N-methyl/N-ethyl adjacent to an activating group) is 1. The standard InChI is InChI=1S/C10H18N4O2/c1-13(5-6-15)8-10(16)12-7-9-11-3-4-14(9)2/h3-4,15H,5-8H2,1-2H3,(H,12,16). The molecule has 0 atom stereocenters. The van der Waals surface area contributed by atoms with Gasteiger partial charge in [0, 0.05) is 26.0 Å². The molecule has 0 unspecified atom stereocenters. The number of hydrogen-bond donors (Lipinski definition) is 2. The second-order valence-corrected chi connectivity index (χ2v) is 3.69. The molecule has 0 aromatic carbocycles. The van der Waals surface area contributed by atoms with Crippen molar-refractivity contribution in [3.8, 4) is 0 Å². The number of nitrogens with one attached hydrogen (secondary N) is 1. The van der Waals surface area contributed by atoms with E-state index in [1.165, 1.54) is 0 Å². The van der Waals surface area contributed by atoms with E-state index in [4.69, 9.17) is 5.11 Å². The zero-order chi connectivity index (χ0) is 12.0. The molecule has 1 rings (SSSR count). The molecule has 0 bridgehead atoms. The number of aromatic nitrogens is 2. The number of carbonyl (C=O) groups is 1. The van der Waals surface area contributed by atoms with Gasteiger partial charge in [0.2, 0.25) is 5.91 Å². The number of aliphatic hydroxyl groups excluding tert-OH is 1. The normalized spacial score (nSPS) is 10.8. The van der Waals surface area contributed by atoms with Crippen molar-refractivity contribution in [1.29, 1.82) is 0 Å². The molecule has 0 saturated carbocycles. The van der Waals surface area contributed by atoms with Crippen LogP contribution in [0.5, 0.6) is 0 Å². The quantitative estimate of drug-likeness (QED) is 0.650. The molecule has 6 heteroatoms. The third kappa shape index (κ3) is 4.00. The van der Waals surface area contributed by atoms with Crippen LogP contribution in [-0.2, 0) is 18.4 Å². The van der Waals surface area contributed by atoms with Crippen LogP contribution in [0.2, 0.25) is 0 Å². The molecular weight excluding hydrogens is 208 g/mol. The van der Waals surface area contributed by atoms with Crippen molar-refractivity contribution in [2.45, 2.75) is 6.54 Å². The zero-order valence-corrected chi connectivity index (χ0v) is 9.68. The van der Waals surface area contributed by atoms with Gasteiger partial charge in [0.1, 0.15) is 5.82 Å². The zero-order valence-electron chi connectivity index (χ0n) is 9.68. The van der Waals surface area contributed by atoms with Crippen LogP contribution in [0.1, 0.15) is 5.82 Å². The largest absolute Gasteiger partial charge is 0.395 e. The van der Waals surface area contributed by atoms with Crippen molar-refractivity contribution in [2.75, 3.05) is 26.7 Å². The van der Waals surface area contributed by atoms with Crippen LogP contribution in [0.3, 0.4) is 0 Å². The van der Waals surface area contributed by atoms with Gasteiger partial charge in [-0.05, 0) is 7.05 Å². The van der Waals surface area contributed by atoms with Crippen molar-refractivity contribution < 1.29 is 9.90 Å². The Morgan fingerprint density at radius 3 is 3.00 bits per heavy atom. The number of amides is 1. The first-order valence-corrected chi connectivity index (χ1v) is 5.15. The van der Waals surface area contributed by atoms with Crippen molar-refractivity contribution in [3.05, 3.63) is 18.2 Å². The van der Waals surface area contributed by atoms with E-state index in [-0.39, 0.29) is 19.1 Å². The summed E-state index contributed by atoms with van der Waals surface area (Å²) in [4.78, 5) is 17.3. The molecule has 16 heavy (non-hydrogen) atoms. The Labute approximate surface area is 94.9 Å². The van der Waals surface area contributed by atoms with Gasteiger partial charge in [0.15, 0.2) is 0 Å². The Morgan fingerprint density at radius 1 is 1.69 bits per heavy atom. The third-order valence-corrected chi connectivity index (χ3v) is 2.26. The molecule has 0 spiro atoms. The second-order valence-electron chi connectivity index (χ2n) is 3.69. The van der Waals surface area contributed by atoms with Crippen LogP contribution >= 0.6 is 0 Å². The minimum Gasteiger partial charge on any atom is -0.395 e. The molecule has 0 fully saturated rings. The number of nitrogens with zero attached hydrogens (tertiary/aromatic N) is 3. The topological polar surface area (TPSA) is 70.4 Å². The van der Waals surface area contributed by atoms with Crippen molar-refractivity contribution >= 4 is 5.91 Å². The van der Waals surface area contributed by atoms with E-state index in [2.05, 4.69) is 10.3 Å². The fourth-order valence-corrected chi connectivity index (χ4v) is 1.30. The van der Waals surface area contributed by atoms with Crippen molar-refractivity contribution in [3.63, 3.8) is 0 Å². The Kier molecular flexibility index (Phi) is 4.94. The molecule has 0 radical (unpaired) electrons. The van der Waals surface area contributed by atoms with E-state index < -0.39 is 0 Å². The predicted octanol–water partition coefficient (Wildman–Crippen LogP) is -1.04. The maximum Gasteiger partial charge on any atom is 0.234 e. The molecule has 0 aliphatic rings. The average Bonchev–Trinajstić information content (AvgIpc) is 2.61. The fraction of sp³-hybridized carbons (Fsp3) is 0.600. The summed E-state index contributed by atoms with van der Waals surface area (Å²) in [6, 6.07) is 0. The molecule has 1 aromatic rings. The van der Waals surface area contributed by atoms with Crippen molar-refractivity contribution in [1.82, 2.24) is 19.8 Å². The summed E-state index contributed by atoms with van der Waals surface area (Å²) in [5, 5.41) is 11.4.